The van der Waals surface area contributed by atoms with E-state index in [1.807, 2.05) is 26.1 Å². The van der Waals surface area contributed by atoms with Gasteiger partial charge in [0.15, 0.2) is 0 Å². The smallest absolute Gasteiger partial charge is 0.323 e. The molecule has 22 heavy (non-hydrogen) atoms. The Morgan fingerprint density at radius 1 is 1.41 bits per heavy atom. The Bertz CT molecular complexity index is 641. The topological polar surface area (TPSA) is 77.2 Å². The third-order valence-electron chi connectivity index (χ3n) is 3.89. The molecule has 7 heteroatoms. The molecule has 0 aromatic carbocycles. The number of carbonyl (C=O) groups excluding carboxylic acids is 1. The average Bonchev–Trinajstić information content (AvgIpc) is 3.01. The van der Waals surface area contributed by atoms with Gasteiger partial charge in [-0.3, -0.25) is 10.2 Å². The Labute approximate surface area is 129 Å². The molecule has 7 nitrogen and oxygen atoms in total. The summed E-state index contributed by atoms with van der Waals surface area (Å²) in [7, 11) is 2.05. The van der Waals surface area contributed by atoms with E-state index in [4.69, 9.17) is 0 Å². The first-order valence-electron chi connectivity index (χ1n) is 7.32. The average molecular weight is 300 g/mol. The highest BCUT2D eigenvalue weighted by Gasteiger charge is 2.30. The van der Waals surface area contributed by atoms with Gasteiger partial charge in [0.1, 0.15) is 11.6 Å². The summed E-state index contributed by atoms with van der Waals surface area (Å²) in [5, 5.41) is 2.86. The molecule has 2 aromatic rings. The van der Waals surface area contributed by atoms with Crippen molar-refractivity contribution in [3.05, 3.63) is 42.1 Å². The van der Waals surface area contributed by atoms with E-state index >= 15 is 0 Å². The number of nitrogens with one attached hydrogen (secondary N) is 2. The quantitative estimate of drug-likeness (QED) is 0.884. The zero-order valence-corrected chi connectivity index (χ0v) is 12.8. The molecule has 0 saturated carbocycles. The van der Waals surface area contributed by atoms with Gasteiger partial charge in [-0.25, -0.2) is 14.8 Å². The maximum atomic E-state index is 12.4. The number of aromatic amines is 1. The number of anilines is 1. The molecule has 0 radical (unpaired) electrons. The highest BCUT2D eigenvalue weighted by molar-refractivity contribution is 5.88. The summed E-state index contributed by atoms with van der Waals surface area (Å²) in [6, 6.07) is 5.54. The zero-order chi connectivity index (χ0) is 15.5. The lowest BCUT2D eigenvalue weighted by Gasteiger charge is -2.38. The van der Waals surface area contributed by atoms with Gasteiger partial charge < -0.3 is 9.88 Å². The number of H-pyrrole nitrogens is 1. The minimum absolute atomic E-state index is 0.0833. The Balaban J connectivity index is 1.68. The summed E-state index contributed by atoms with van der Waals surface area (Å²) in [6.45, 7) is 3.99. The molecule has 1 fully saturated rings. The van der Waals surface area contributed by atoms with Crippen LogP contribution >= 0.6 is 0 Å². The zero-order valence-electron chi connectivity index (χ0n) is 12.8. The molecule has 1 saturated heterocycles. The van der Waals surface area contributed by atoms with E-state index in [9.17, 15) is 4.79 Å². The van der Waals surface area contributed by atoms with Crippen LogP contribution in [0.4, 0.5) is 10.6 Å². The summed E-state index contributed by atoms with van der Waals surface area (Å²) in [4.78, 5) is 28.2. The molecule has 2 amide bonds. The van der Waals surface area contributed by atoms with Gasteiger partial charge in [-0.05, 0) is 26.1 Å². The fourth-order valence-corrected chi connectivity index (χ4v) is 2.61. The van der Waals surface area contributed by atoms with Gasteiger partial charge >= 0.3 is 6.03 Å². The molecule has 116 valence electrons. The molecule has 1 aliphatic rings. The summed E-state index contributed by atoms with van der Waals surface area (Å²) in [5.41, 5.74) is 0.879. The summed E-state index contributed by atoms with van der Waals surface area (Å²) in [6.07, 6.45) is 3.54. The van der Waals surface area contributed by atoms with Crippen molar-refractivity contribution in [1.82, 2.24) is 24.8 Å². The summed E-state index contributed by atoms with van der Waals surface area (Å²) in [5.74, 6) is 1.46. The van der Waals surface area contributed by atoms with E-state index in [0.717, 1.165) is 18.1 Å². The second-order valence-corrected chi connectivity index (χ2v) is 5.51. The minimum atomic E-state index is -0.122. The lowest BCUT2D eigenvalue weighted by Crippen LogP contribution is -2.50. The molecule has 0 aliphatic carbocycles. The van der Waals surface area contributed by atoms with Crippen LogP contribution in [0.5, 0.6) is 0 Å². The third kappa shape index (κ3) is 3.09. The Kier molecular flexibility index (Phi) is 4.06. The van der Waals surface area contributed by atoms with Crippen LogP contribution in [0, 0.1) is 6.92 Å². The lowest BCUT2D eigenvalue weighted by atomic mass is 10.1. The molecule has 2 aromatic heterocycles. The fraction of sp³-hybridized carbons (Fsp3) is 0.400. The first kappa shape index (κ1) is 14.5. The summed E-state index contributed by atoms with van der Waals surface area (Å²) >= 11 is 0. The van der Waals surface area contributed by atoms with Crippen LogP contribution in [0.2, 0.25) is 0 Å². The van der Waals surface area contributed by atoms with Crippen LogP contribution in [0.3, 0.4) is 0 Å². The SMILES string of the molecule is Cc1cccc(NC(=O)N2CCN(C)[C@H](c3ncc[nH]3)C2)n1. The molecule has 0 unspecified atom stereocenters. The van der Waals surface area contributed by atoms with E-state index in [1.165, 1.54) is 0 Å². The number of hydrogen-bond donors (Lipinski definition) is 2. The van der Waals surface area contributed by atoms with Crippen molar-refractivity contribution in [2.75, 3.05) is 32.0 Å². The number of aryl methyl sites for hydroxylation is 1. The highest BCUT2D eigenvalue weighted by Crippen LogP contribution is 2.21. The van der Waals surface area contributed by atoms with E-state index in [2.05, 4.69) is 25.2 Å². The molecule has 0 spiro atoms. The van der Waals surface area contributed by atoms with Crippen LogP contribution in [0.15, 0.2) is 30.6 Å². The Morgan fingerprint density at radius 3 is 3.00 bits per heavy atom. The second kappa shape index (κ2) is 6.15. The molecule has 2 N–H and O–H groups in total. The number of nitrogens with zero attached hydrogens (tertiary/aromatic N) is 4. The molecule has 3 rings (SSSR count). The van der Waals surface area contributed by atoms with E-state index < -0.39 is 0 Å². The maximum absolute atomic E-state index is 12.4. The van der Waals surface area contributed by atoms with Crippen molar-refractivity contribution in [1.29, 1.82) is 0 Å². The second-order valence-electron chi connectivity index (χ2n) is 5.51. The van der Waals surface area contributed by atoms with Crippen LogP contribution in [-0.2, 0) is 0 Å². The lowest BCUT2D eigenvalue weighted by molar-refractivity contribution is 0.112. The van der Waals surface area contributed by atoms with E-state index in [1.54, 1.807) is 23.4 Å². The van der Waals surface area contributed by atoms with Crippen LogP contribution < -0.4 is 5.32 Å². The van der Waals surface area contributed by atoms with Crippen molar-refractivity contribution in [2.24, 2.45) is 0 Å². The van der Waals surface area contributed by atoms with E-state index in [-0.39, 0.29) is 12.1 Å². The van der Waals surface area contributed by atoms with Gasteiger partial charge in [-0.1, -0.05) is 6.07 Å². The maximum Gasteiger partial charge on any atom is 0.323 e. The van der Waals surface area contributed by atoms with Crippen molar-refractivity contribution >= 4 is 11.8 Å². The van der Waals surface area contributed by atoms with Crippen molar-refractivity contribution in [3.8, 4) is 0 Å². The molecule has 0 bridgehead atoms. The molecule has 1 atom stereocenters. The standard InChI is InChI=1S/C15H20N6O/c1-11-4-3-5-13(18-11)19-15(22)21-9-8-20(2)12(10-21)14-16-6-7-17-14/h3-7,12H,8-10H2,1-2H3,(H,16,17)(H,18,19,22)/t12-/m0/s1. The van der Waals surface area contributed by atoms with Crippen molar-refractivity contribution in [3.63, 3.8) is 0 Å². The molecular formula is C15H20N6O. The summed E-state index contributed by atoms with van der Waals surface area (Å²) < 4.78 is 0. The predicted molar refractivity (Wildman–Crippen MR) is 83.5 cm³/mol. The minimum Gasteiger partial charge on any atom is -0.347 e. The monoisotopic (exact) mass is 300 g/mol. The Morgan fingerprint density at radius 2 is 2.27 bits per heavy atom. The first-order chi connectivity index (χ1) is 10.6. The van der Waals surface area contributed by atoms with Gasteiger partial charge in [-0.2, -0.15) is 0 Å². The van der Waals surface area contributed by atoms with Gasteiger partial charge in [0.05, 0.1) is 6.04 Å². The van der Waals surface area contributed by atoms with Crippen LogP contribution in [-0.4, -0.2) is 57.5 Å². The normalized spacial score (nSPS) is 19.2. The number of imidazole rings is 1. The number of rotatable bonds is 2. The number of hydrogen-bond acceptors (Lipinski definition) is 4. The van der Waals surface area contributed by atoms with Gasteiger partial charge in [0.2, 0.25) is 0 Å². The van der Waals surface area contributed by atoms with Crippen LogP contribution in [0.25, 0.3) is 0 Å². The number of pyridine rings is 1. The number of piperazine rings is 1. The number of likely N-dealkylation sites (N-methyl/N-ethyl adjacent to an activating group) is 1. The Hall–Kier alpha value is -2.41. The fourth-order valence-electron chi connectivity index (χ4n) is 2.61. The third-order valence-corrected chi connectivity index (χ3v) is 3.89. The van der Waals surface area contributed by atoms with Crippen molar-refractivity contribution < 1.29 is 4.79 Å². The molecule has 3 heterocycles. The first-order valence-corrected chi connectivity index (χ1v) is 7.32. The number of amides is 2. The van der Waals surface area contributed by atoms with Crippen LogP contribution in [0.1, 0.15) is 17.6 Å². The molecule has 1 aliphatic heterocycles. The number of carbonyl (C=O) groups is 1. The molecular weight excluding hydrogens is 280 g/mol. The number of urea groups is 1. The van der Waals surface area contributed by atoms with Gasteiger partial charge in [0, 0.05) is 37.7 Å². The van der Waals surface area contributed by atoms with Gasteiger partial charge in [0.25, 0.3) is 0 Å². The van der Waals surface area contributed by atoms with Gasteiger partial charge in [-0.15, -0.1) is 0 Å². The van der Waals surface area contributed by atoms with E-state index in [0.29, 0.717) is 18.9 Å². The predicted octanol–water partition coefficient (Wildman–Crippen LogP) is 1.63. The number of aromatic nitrogens is 3. The largest absolute Gasteiger partial charge is 0.347 e. The van der Waals surface area contributed by atoms with Crippen molar-refractivity contribution in [2.45, 2.75) is 13.0 Å². The highest BCUT2D eigenvalue weighted by atomic mass is 16.2.